The first-order valence-corrected chi connectivity index (χ1v) is 21.7. The van der Waals surface area contributed by atoms with Gasteiger partial charge in [-0.2, -0.15) is 18.2 Å². The summed E-state index contributed by atoms with van der Waals surface area (Å²) in [5.74, 6) is -0.250. The van der Waals surface area contributed by atoms with Crippen LogP contribution in [0.5, 0.6) is 11.5 Å². The fraction of sp³-hybridized carbons (Fsp3) is 0.325. The average molecular weight is 987 g/mol. The highest BCUT2D eigenvalue weighted by Crippen LogP contribution is 2.38. The van der Waals surface area contributed by atoms with Crippen LogP contribution in [-0.4, -0.2) is 115 Å². The standard InChI is InChI=1S/C23H28N8O4.C17H12Cl2F3N7O2S/c1-33-19-17(35-10-2-6-30-8-11-34-12-9-30)4-3-16-18(19)28-23(31-7-5-25-20(16)31)29-21(32)15-13-26-22(24)27-14-15;1-6(28-15(31)12-11(19)13(23)27-5-26-12)16-25-4-9(32-16)14(30)29-10-2-7(17(20,21)22)8(18)3-24-10/h3-4,13-14,25H,2,5-12H2,1H3,(H2,24,26,27);2-6H,1H3,(H,28,31)(H2,23,26,27)(H,24,29,30)/t;6-/m.1/s1. The highest BCUT2D eigenvalue weighted by molar-refractivity contribution is 7.13. The number of nitrogens with one attached hydrogen (secondary N) is 3. The number of fused-ring (bicyclic) bond motifs is 3. The Bertz CT molecular complexity index is 2870. The molecule has 2 aliphatic heterocycles. The van der Waals surface area contributed by atoms with Crippen LogP contribution in [0.1, 0.15) is 60.5 Å². The number of alkyl halides is 3. The smallest absolute Gasteiger partial charge is 0.418 e. The zero-order chi connectivity index (χ0) is 47.8. The summed E-state index contributed by atoms with van der Waals surface area (Å²) in [6, 6.07) is 3.83. The molecule has 27 heteroatoms. The second kappa shape index (κ2) is 21.2. The third-order valence-electron chi connectivity index (χ3n) is 9.91. The van der Waals surface area contributed by atoms with Gasteiger partial charge < -0.3 is 41.6 Å². The van der Waals surface area contributed by atoms with E-state index < -0.39 is 40.5 Å². The van der Waals surface area contributed by atoms with E-state index >= 15 is 0 Å². The Morgan fingerprint density at radius 2 is 1.78 bits per heavy atom. The van der Waals surface area contributed by atoms with E-state index in [9.17, 15) is 27.6 Å². The molecular weight excluding hydrogens is 947 g/mol. The maximum atomic E-state index is 13.0. The fourth-order valence-corrected chi connectivity index (χ4v) is 7.82. The Morgan fingerprint density at radius 3 is 2.51 bits per heavy atom. The normalized spacial score (nSPS) is 14.3. The van der Waals surface area contributed by atoms with E-state index in [1.54, 1.807) is 14.0 Å². The summed E-state index contributed by atoms with van der Waals surface area (Å²) >= 11 is 12.4. The van der Waals surface area contributed by atoms with Crippen molar-refractivity contribution in [3.8, 4) is 11.5 Å². The van der Waals surface area contributed by atoms with Crippen molar-refractivity contribution in [3.63, 3.8) is 0 Å². The lowest BCUT2D eigenvalue weighted by atomic mass is 10.2. The van der Waals surface area contributed by atoms with Crippen LogP contribution >= 0.6 is 34.5 Å². The summed E-state index contributed by atoms with van der Waals surface area (Å²) in [5.41, 5.74) is 10.9. The second-order valence-corrected chi connectivity index (χ2v) is 16.3. The zero-order valence-electron chi connectivity index (χ0n) is 35.4. The number of halogens is 5. The minimum Gasteiger partial charge on any atom is -0.491 e. The van der Waals surface area contributed by atoms with Crippen LogP contribution in [0.15, 0.2) is 54.3 Å². The molecule has 6 aromatic rings. The summed E-state index contributed by atoms with van der Waals surface area (Å²) in [4.78, 5) is 71.9. The van der Waals surface area contributed by atoms with Crippen LogP contribution in [0.2, 0.25) is 10.0 Å². The van der Waals surface area contributed by atoms with Gasteiger partial charge in [0.15, 0.2) is 17.2 Å². The van der Waals surface area contributed by atoms with Crippen LogP contribution in [0, 0.1) is 0 Å². The maximum Gasteiger partial charge on any atom is 0.418 e. The van der Waals surface area contributed by atoms with Crippen LogP contribution in [0.4, 0.5) is 36.6 Å². The summed E-state index contributed by atoms with van der Waals surface area (Å²) in [7, 11) is 1.58. The minimum absolute atomic E-state index is 0.0582. The SMILES string of the molecule is COc1c(OCCCN2CCOCC2)ccc2c3n(c(=NC(=O)c4cnc(N)nc4)nc12)CCN3.C[C@@H](NC(=O)c1ncnc(N)c1Cl)c1ncc(C(=O)Nc2cc(C(F)(F)F)c(Cl)cn2)s1. The van der Waals surface area contributed by atoms with Crippen LogP contribution < -0.4 is 42.5 Å². The number of benzene rings is 1. The predicted octanol–water partition coefficient (Wildman–Crippen LogP) is 4.66. The third-order valence-corrected chi connectivity index (χ3v) is 11.8. The van der Waals surface area contributed by atoms with Crippen LogP contribution in [-0.2, 0) is 17.5 Å². The number of rotatable bonds is 12. The molecule has 0 radical (unpaired) electrons. The number of carbonyl (C=O) groups is 3. The van der Waals surface area contributed by atoms with E-state index in [0.29, 0.717) is 47.8 Å². The monoisotopic (exact) mass is 985 g/mol. The van der Waals surface area contributed by atoms with Crippen molar-refractivity contribution >= 4 is 86.6 Å². The third kappa shape index (κ3) is 11.6. The number of nitrogen functional groups attached to an aromatic ring is 2. The Balaban J connectivity index is 0.000000200. The zero-order valence-corrected chi connectivity index (χ0v) is 37.8. The van der Waals surface area contributed by atoms with Gasteiger partial charge >= 0.3 is 6.18 Å². The van der Waals surface area contributed by atoms with E-state index in [1.807, 2.05) is 16.7 Å². The molecule has 7 N–H and O–H groups in total. The molecular formula is C40H40Cl2F3N15O6S. The van der Waals surface area contributed by atoms with Gasteiger partial charge in [0.05, 0.1) is 55.3 Å². The Hall–Kier alpha value is -6.80. The minimum atomic E-state index is -4.71. The lowest BCUT2D eigenvalue weighted by molar-refractivity contribution is -0.137. The van der Waals surface area contributed by atoms with Crippen molar-refractivity contribution in [2.24, 2.45) is 4.99 Å². The Labute approximate surface area is 392 Å². The van der Waals surface area contributed by atoms with E-state index in [-0.39, 0.29) is 44.4 Å². The molecule has 8 rings (SSSR count). The number of morpholine rings is 1. The molecule has 1 aromatic carbocycles. The molecule has 21 nitrogen and oxygen atoms in total. The van der Waals surface area contributed by atoms with E-state index in [1.165, 1.54) is 18.6 Å². The van der Waals surface area contributed by atoms with Gasteiger partial charge in [0.25, 0.3) is 17.7 Å². The summed E-state index contributed by atoms with van der Waals surface area (Å²) in [6.45, 7) is 7.89. The van der Waals surface area contributed by atoms with Crippen molar-refractivity contribution < 1.29 is 41.8 Å². The van der Waals surface area contributed by atoms with Gasteiger partial charge in [-0.25, -0.2) is 34.9 Å². The van der Waals surface area contributed by atoms with Gasteiger partial charge in [0.2, 0.25) is 11.6 Å². The number of methoxy groups -OCH3 is 1. The van der Waals surface area contributed by atoms with Crippen molar-refractivity contribution in [2.45, 2.75) is 32.1 Å². The number of thiazole rings is 1. The van der Waals surface area contributed by atoms with Crippen molar-refractivity contribution in [2.75, 3.05) is 75.2 Å². The number of anilines is 4. The number of ether oxygens (including phenoxy) is 3. The molecule has 2 aliphatic rings. The molecule has 0 bridgehead atoms. The average Bonchev–Trinajstić information content (AvgIpc) is 4.02. The summed E-state index contributed by atoms with van der Waals surface area (Å²) < 4.78 is 58.0. The lowest BCUT2D eigenvalue weighted by Gasteiger charge is -2.26. The number of hydrogen-bond donors (Lipinski definition) is 5. The number of nitrogens with two attached hydrogens (primary N) is 2. The number of aromatic nitrogens is 8. The number of pyridine rings is 1. The highest BCUT2D eigenvalue weighted by Gasteiger charge is 2.34. The highest BCUT2D eigenvalue weighted by atomic mass is 35.5. The van der Waals surface area contributed by atoms with Crippen molar-refractivity contribution in [3.05, 3.63) is 91.7 Å². The number of hydrogen-bond acceptors (Lipinski definition) is 18. The van der Waals surface area contributed by atoms with E-state index in [4.69, 9.17) is 53.9 Å². The van der Waals surface area contributed by atoms with Gasteiger partial charge in [-0.15, -0.1) is 11.3 Å². The topological polar surface area (TPSA) is 278 Å². The number of nitrogens with zero attached hydrogens (tertiary/aromatic N) is 10. The molecule has 67 heavy (non-hydrogen) atoms. The molecule has 3 amide bonds. The molecule has 7 heterocycles. The molecule has 0 saturated carbocycles. The van der Waals surface area contributed by atoms with Crippen LogP contribution in [0.25, 0.3) is 10.9 Å². The van der Waals surface area contributed by atoms with Gasteiger partial charge in [-0.05, 0) is 31.5 Å². The molecule has 0 aliphatic carbocycles. The van der Waals surface area contributed by atoms with Crippen molar-refractivity contribution in [1.29, 1.82) is 0 Å². The first-order valence-electron chi connectivity index (χ1n) is 20.1. The van der Waals surface area contributed by atoms with Gasteiger partial charge in [-0.1, -0.05) is 23.2 Å². The van der Waals surface area contributed by atoms with E-state index in [0.717, 1.165) is 74.3 Å². The molecule has 352 valence electrons. The molecule has 0 spiro atoms. The quantitative estimate of drug-likeness (QED) is 0.104. The predicted molar refractivity (Wildman–Crippen MR) is 240 cm³/mol. The van der Waals surface area contributed by atoms with Gasteiger partial charge in [0, 0.05) is 56.7 Å². The largest absolute Gasteiger partial charge is 0.491 e. The molecule has 0 unspecified atom stereocenters. The number of amides is 3. The summed E-state index contributed by atoms with van der Waals surface area (Å²) in [6.07, 6.45) is 1.97. The number of carbonyl (C=O) groups excluding carboxylic acids is 3. The summed E-state index contributed by atoms with van der Waals surface area (Å²) in [5, 5.41) is 8.74. The molecule has 1 saturated heterocycles. The first kappa shape index (κ1) is 48.1. The molecule has 5 aromatic heterocycles. The molecule has 1 atom stereocenters. The maximum absolute atomic E-state index is 13.0. The lowest BCUT2D eigenvalue weighted by Crippen LogP contribution is -2.37. The van der Waals surface area contributed by atoms with Gasteiger partial charge in [-0.3, -0.25) is 23.9 Å². The fourth-order valence-electron chi connectivity index (χ4n) is 6.61. The molecule has 1 fully saturated rings. The van der Waals surface area contributed by atoms with Crippen LogP contribution in [0.3, 0.4) is 0 Å². The van der Waals surface area contributed by atoms with Gasteiger partial charge in [0.1, 0.15) is 44.2 Å². The first-order chi connectivity index (χ1) is 32.1. The Kier molecular flexibility index (Phi) is 15.3. The second-order valence-electron chi connectivity index (χ2n) is 14.4. The van der Waals surface area contributed by atoms with E-state index in [2.05, 4.69) is 55.7 Å². The van der Waals surface area contributed by atoms with Crippen molar-refractivity contribution in [1.82, 2.24) is 49.7 Å². The Morgan fingerprint density at radius 1 is 1.01 bits per heavy atom.